The molecule has 3 atom stereocenters. The van der Waals surface area contributed by atoms with E-state index in [1.165, 1.54) is 7.11 Å². The van der Waals surface area contributed by atoms with Crippen molar-refractivity contribution >= 4 is 17.7 Å². The molecule has 0 aromatic heterocycles. The molecule has 0 fully saturated rings. The fourth-order valence-corrected chi connectivity index (χ4v) is 2.09. The van der Waals surface area contributed by atoms with Gasteiger partial charge >= 0.3 is 5.97 Å². The first kappa shape index (κ1) is 15.7. The fraction of sp³-hybridized carbons (Fsp3) is 0.909. The highest BCUT2D eigenvalue weighted by Gasteiger charge is 2.20. The summed E-state index contributed by atoms with van der Waals surface area (Å²) >= 11 is 1.57. The minimum Gasteiger partial charge on any atom is -0.468 e. The van der Waals surface area contributed by atoms with Crippen LogP contribution in [0.1, 0.15) is 27.2 Å². The highest BCUT2D eigenvalue weighted by Crippen LogP contribution is 2.15. The van der Waals surface area contributed by atoms with Gasteiger partial charge < -0.3 is 15.2 Å². The topological polar surface area (TPSA) is 58.6 Å². The molecule has 0 spiro atoms. The number of nitrogens with one attached hydrogen (secondary N) is 1. The molecular formula is C11H23NO3S. The van der Waals surface area contributed by atoms with Crippen LogP contribution in [-0.4, -0.2) is 47.9 Å². The number of methoxy groups -OCH3 is 1. The maximum atomic E-state index is 11.4. The Hall–Kier alpha value is -0.260. The third kappa shape index (κ3) is 6.35. The zero-order valence-electron chi connectivity index (χ0n) is 10.5. The number of carbonyl (C=O) groups is 1. The second-order valence-corrected chi connectivity index (χ2v) is 5.22. The van der Waals surface area contributed by atoms with Gasteiger partial charge in [0.05, 0.1) is 13.2 Å². The predicted molar refractivity (Wildman–Crippen MR) is 67.7 cm³/mol. The maximum absolute atomic E-state index is 11.4. The van der Waals surface area contributed by atoms with E-state index in [2.05, 4.69) is 5.32 Å². The van der Waals surface area contributed by atoms with Crippen molar-refractivity contribution in [2.75, 3.05) is 19.4 Å². The average molecular weight is 249 g/mol. The first-order valence-corrected chi connectivity index (χ1v) is 6.68. The Kier molecular flexibility index (Phi) is 8.70. The van der Waals surface area contributed by atoms with Gasteiger partial charge in [0.2, 0.25) is 0 Å². The van der Waals surface area contributed by atoms with E-state index < -0.39 is 0 Å². The van der Waals surface area contributed by atoms with Crippen LogP contribution in [0.4, 0.5) is 0 Å². The highest BCUT2D eigenvalue weighted by molar-refractivity contribution is 8.00. The molecule has 0 aliphatic rings. The van der Waals surface area contributed by atoms with Gasteiger partial charge in [-0.3, -0.25) is 4.79 Å². The van der Waals surface area contributed by atoms with Crippen molar-refractivity contribution in [2.45, 2.75) is 44.6 Å². The van der Waals surface area contributed by atoms with E-state index in [-0.39, 0.29) is 23.4 Å². The van der Waals surface area contributed by atoms with Crippen molar-refractivity contribution in [1.29, 1.82) is 0 Å². The van der Waals surface area contributed by atoms with E-state index in [1.54, 1.807) is 18.7 Å². The average Bonchev–Trinajstić information content (AvgIpc) is 2.27. The Morgan fingerprint density at radius 1 is 1.50 bits per heavy atom. The molecule has 96 valence electrons. The molecule has 0 aromatic rings. The van der Waals surface area contributed by atoms with Crippen LogP contribution >= 0.6 is 11.8 Å². The van der Waals surface area contributed by atoms with E-state index in [9.17, 15) is 9.90 Å². The van der Waals surface area contributed by atoms with Gasteiger partial charge in [-0.15, -0.1) is 0 Å². The second-order valence-electron chi connectivity index (χ2n) is 3.81. The Balaban J connectivity index is 4.05. The first-order chi connectivity index (χ1) is 7.52. The van der Waals surface area contributed by atoms with E-state index >= 15 is 0 Å². The summed E-state index contributed by atoms with van der Waals surface area (Å²) < 4.78 is 4.72. The lowest BCUT2D eigenvalue weighted by molar-refractivity contribution is -0.142. The van der Waals surface area contributed by atoms with Gasteiger partial charge in [0, 0.05) is 11.0 Å². The van der Waals surface area contributed by atoms with Crippen LogP contribution in [0.25, 0.3) is 0 Å². The summed E-state index contributed by atoms with van der Waals surface area (Å²) in [7, 11) is 1.39. The molecule has 0 saturated heterocycles. The molecule has 3 unspecified atom stereocenters. The lowest BCUT2D eigenvalue weighted by Crippen LogP contribution is -2.40. The van der Waals surface area contributed by atoms with Crippen LogP contribution in [-0.2, 0) is 9.53 Å². The van der Waals surface area contributed by atoms with Gasteiger partial charge in [-0.2, -0.15) is 11.8 Å². The van der Waals surface area contributed by atoms with Gasteiger partial charge in [-0.05, 0) is 19.9 Å². The summed E-state index contributed by atoms with van der Waals surface area (Å²) in [5.74, 6) is 0.386. The van der Waals surface area contributed by atoms with Crippen molar-refractivity contribution < 1.29 is 14.6 Å². The van der Waals surface area contributed by atoms with E-state index in [0.29, 0.717) is 5.75 Å². The number of aliphatic hydroxyl groups is 1. The molecule has 16 heavy (non-hydrogen) atoms. The van der Waals surface area contributed by atoms with Crippen molar-refractivity contribution in [3.8, 4) is 0 Å². The Morgan fingerprint density at radius 3 is 2.56 bits per heavy atom. The molecule has 0 bridgehead atoms. The first-order valence-electron chi connectivity index (χ1n) is 5.63. The van der Waals surface area contributed by atoms with Crippen LogP contribution in [0.2, 0.25) is 0 Å². The highest BCUT2D eigenvalue weighted by atomic mass is 32.2. The lowest BCUT2D eigenvalue weighted by atomic mass is 10.3. The van der Waals surface area contributed by atoms with Crippen molar-refractivity contribution in [3.05, 3.63) is 0 Å². The standard InChI is InChI=1S/C11H23NO3S/c1-5-6-12-10(11(14)15-4)7-16-9(3)8(2)13/h8-10,12-13H,5-7H2,1-4H3. The number of ether oxygens (including phenoxy) is 1. The van der Waals surface area contributed by atoms with E-state index in [4.69, 9.17) is 4.74 Å². The number of thioether (sulfide) groups is 1. The van der Waals surface area contributed by atoms with Gasteiger partial charge in [-0.1, -0.05) is 13.8 Å². The molecule has 0 aliphatic heterocycles. The van der Waals surface area contributed by atoms with Gasteiger partial charge in [-0.25, -0.2) is 0 Å². The SMILES string of the molecule is CCCNC(CSC(C)C(C)O)C(=O)OC. The predicted octanol–water partition coefficient (Wildman–Crippen LogP) is 1.03. The van der Waals surface area contributed by atoms with Gasteiger partial charge in [0.15, 0.2) is 0 Å². The van der Waals surface area contributed by atoms with Crippen LogP contribution in [0.15, 0.2) is 0 Å². The molecule has 2 N–H and O–H groups in total. The molecule has 0 amide bonds. The smallest absolute Gasteiger partial charge is 0.323 e. The van der Waals surface area contributed by atoms with E-state index in [0.717, 1.165) is 13.0 Å². The number of aliphatic hydroxyl groups excluding tert-OH is 1. The fourth-order valence-electron chi connectivity index (χ4n) is 1.06. The zero-order valence-corrected chi connectivity index (χ0v) is 11.3. The van der Waals surface area contributed by atoms with E-state index in [1.807, 2.05) is 13.8 Å². The number of esters is 1. The molecule has 4 nitrogen and oxygen atoms in total. The third-order valence-electron chi connectivity index (χ3n) is 2.33. The normalized spacial score (nSPS) is 16.6. The number of hydrogen-bond donors (Lipinski definition) is 2. The summed E-state index contributed by atoms with van der Waals surface area (Å²) in [5, 5.41) is 12.6. The molecule has 5 heteroatoms. The Labute approximate surface area is 102 Å². The maximum Gasteiger partial charge on any atom is 0.323 e. The summed E-state index contributed by atoms with van der Waals surface area (Å²) in [5.41, 5.74) is 0. The quantitative estimate of drug-likeness (QED) is 0.629. The minimum atomic E-state index is -0.366. The van der Waals surface area contributed by atoms with Crippen LogP contribution in [0.3, 0.4) is 0 Å². The molecule has 0 aromatic carbocycles. The van der Waals surface area contributed by atoms with Crippen LogP contribution in [0, 0.1) is 0 Å². The number of rotatable bonds is 8. The Bertz CT molecular complexity index is 200. The monoisotopic (exact) mass is 249 g/mol. The summed E-state index contributed by atoms with van der Waals surface area (Å²) in [6.07, 6.45) is 0.610. The summed E-state index contributed by atoms with van der Waals surface area (Å²) in [4.78, 5) is 11.4. The third-order valence-corrected chi connectivity index (χ3v) is 3.78. The van der Waals surface area contributed by atoms with Crippen molar-refractivity contribution in [2.24, 2.45) is 0 Å². The molecule has 0 rings (SSSR count). The molecule has 0 saturated carbocycles. The number of carbonyl (C=O) groups excluding carboxylic acids is 1. The summed E-state index contributed by atoms with van der Waals surface area (Å²) in [6.45, 7) is 6.55. The molecule has 0 heterocycles. The largest absolute Gasteiger partial charge is 0.468 e. The second kappa shape index (κ2) is 8.84. The lowest BCUT2D eigenvalue weighted by Gasteiger charge is -2.19. The number of hydrogen-bond acceptors (Lipinski definition) is 5. The minimum absolute atomic E-state index is 0.121. The Morgan fingerprint density at radius 2 is 2.12 bits per heavy atom. The van der Waals surface area contributed by atoms with Gasteiger partial charge in [0.1, 0.15) is 6.04 Å². The molecule has 0 aliphatic carbocycles. The van der Waals surface area contributed by atoms with Crippen molar-refractivity contribution in [1.82, 2.24) is 5.32 Å². The zero-order chi connectivity index (χ0) is 12.6. The van der Waals surface area contributed by atoms with Crippen LogP contribution in [0.5, 0.6) is 0 Å². The van der Waals surface area contributed by atoms with Crippen LogP contribution < -0.4 is 5.32 Å². The van der Waals surface area contributed by atoms with Crippen molar-refractivity contribution in [3.63, 3.8) is 0 Å². The molecular weight excluding hydrogens is 226 g/mol. The summed E-state index contributed by atoms with van der Waals surface area (Å²) in [6, 6.07) is -0.281. The van der Waals surface area contributed by atoms with Gasteiger partial charge in [0.25, 0.3) is 0 Å². The molecule has 0 radical (unpaired) electrons.